The first-order valence-electron chi connectivity index (χ1n) is 4.99. The highest BCUT2D eigenvalue weighted by atomic mass is 35.5. The van der Waals surface area contributed by atoms with Crippen molar-refractivity contribution in [2.75, 3.05) is 4.72 Å². The van der Waals surface area contributed by atoms with E-state index in [9.17, 15) is 13.2 Å². The number of hydrogen-bond acceptors (Lipinski definition) is 6. The summed E-state index contributed by atoms with van der Waals surface area (Å²) in [7, 11) is -3.86. The van der Waals surface area contributed by atoms with Crippen molar-refractivity contribution in [2.45, 2.75) is 11.8 Å². The Kier molecular flexibility index (Phi) is 3.83. The quantitative estimate of drug-likeness (QED) is 0.873. The van der Waals surface area contributed by atoms with Gasteiger partial charge in [-0.3, -0.25) is 14.5 Å². The van der Waals surface area contributed by atoms with Crippen LogP contribution in [0, 0.1) is 0 Å². The van der Waals surface area contributed by atoms with Crippen molar-refractivity contribution in [3.63, 3.8) is 0 Å². The van der Waals surface area contributed by atoms with Crippen molar-refractivity contribution in [1.29, 1.82) is 0 Å². The summed E-state index contributed by atoms with van der Waals surface area (Å²) in [4.78, 5) is 18.5. The number of ketones is 1. The van der Waals surface area contributed by atoms with Crippen molar-refractivity contribution in [3.8, 4) is 0 Å². The van der Waals surface area contributed by atoms with Crippen molar-refractivity contribution >= 4 is 43.9 Å². The second-order valence-electron chi connectivity index (χ2n) is 3.51. The standard InChI is InChI=1S/C10H8ClN3O3S2/c1-6(15)8-5-18-10(13-8)14-19(16,17)9-4-12-3-2-7(9)11/h2-5H,1H3,(H,13,14). The van der Waals surface area contributed by atoms with Crippen LogP contribution in [0.3, 0.4) is 0 Å². The third-order valence-corrected chi connectivity index (χ3v) is 4.81. The number of carbonyl (C=O) groups excluding carboxylic acids is 1. The molecule has 0 aliphatic rings. The SMILES string of the molecule is CC(=O)c1csc(NS(=O)(=O)c2cnccc2Cl)n1. The van der Waals surface area contributed by atoms with Gasteiger partial charge in [0, 0.05) is 24.7 Å². The fourth-order valence-corrected chi connectivity index (χ4v) is 3.65. The molecule has 19 heavy (non-hydrogen) atoms. The summed E-state index contributed by atoms with van der Waals surface area (Å²) in [5, 5.41) is 1.64. The lowest BCUT2D eigenvalue weighted by Gasteiger charge is -2.05. The van der Waals surface area contributed by atoms with E-state index in [0.717, 1.165) is 17.5 Å². The first kappa shape index (κ1) is 13.9. The fourth-order valence-electron chi connectivity index (χ4n) is 1.21. The average molecular weight is 318 g/mol. The van der Waals surface area contributed by atoms with Gasteiger partial charge in [0.15, 0.2) is 10.9 Å². The minimum absolute atomic E-state index is 0.0610. The summed E-state index contributed by atoms with van der Waals surface area (Å²) in [5.41, 5.74) is 0.208. The Morgan fingerprint density at radius 2 is 2.21 bits per heavy atom. The maximum absolute atomic E-state index is 12.0. The van der Waals surface area contributed by atoms with Crippen LogP contribution in [-0.4, -0.2) is 24.2 Å². The molecule has 0 aromatic carbocycles. The van der Waals surface area contributed by atoms with Crippen molar-refractivity contribution < 1.29 is 13.2 Å². The predicted octanol–water partition coefficient (Wildman–Crippen LogP) is 2.19. The van der Waals surface area contributed by atoms with Gasteiger partial charge in [-0.15, -0.1) is 11.3 Å². The molecule has 0 amide bonds. The van der Waals surface area contributed by atoms with E-state index in [1.807, 2.05) is 0 Å². The Hall–Kier alpha value is -1.51. The number of hydrogen-bond donors (Lipinski definition) is 1. The molecule has 0 aliphatic carbocycles. The minimum Gasteiger partial charge on any atom is -0.293 e. The van der Waals surface area contributed by atoms with Gasteiger partial charge in [0.25, 0.3) is 10.0 Å². The van der Waals surface area contributed by atoms with Crippen molar-refractivity contribution in [3.05, 3.63) is 34.6 Å². The van der Waals surface area contributed by atoms with E-state index in [-0.39, 0.29) is 26.5 Å². The number of pyridine rings is 1. The van der Waals surface area contributed by atoms with Gasteiger partial charge in [-0.2, -0.15) is 0 Å². The lowest BCUT2D eigenvalue weighted by molar-refractivity contribution is 0.101. The summed E-state index contributed by atoms with van der Waals surface area (Å²) in [6, 6.07) is 1.37. The molecule has 0 saturated carbocycles. The zero-order chi connectivity index (χ0) is 14.0. The van der Waals surface area contributed by atoms with Gasteiger partial charge in [0.1, 0.15) is 10.6 Å². The first-order chi connectivity index (χ1) is 8.90. The molecule has 2 aromatic rings. The van der Waals surface area contributed by atoms with Gasteiger partial charge in [0.05, 0.1) is 5.02 Å². The monoisotopic (exact) mass is 317 g/mol. The maximum Gasteiger partial charge on any atom is 0.266 e. The molecule has 0 bridgehead atoms. The Balaban J connectivity index is 2.31. The molecule has 6 nitrogen and oxygen atoms in total. The van der Waals surface area contributed by atoms with E-state index in [4.69, 9.17) is 11.6 Å². The number of sulfonamides is 1. The first-order valence-corrected chi connectivity index (χ1v) is 7.73. The molecule has 0 unspecified atom stereocenters. The summed E-state index contributed by atoms with van der Waals surface area (Å²) in [6.45, 7) is 1.35. The van der Waals surface area contributed by atoms with Crippen LogP contribution in [0.1, 0.15) is 17.4 Å². The van der Waals surface area contributed by atoms with Crippen LogP contribution in [0.25, 0.3) is 0 Å². The van der Waals surface area contributed by atoms with E-state index in [1.54, 1.807) is 0 Å². The second kappa shape index (κ2) is 5.24. The Labute approximate surface area is 118 Å². The lowest BCUT2D eigenvalue weighted by atomic mass is 10.4. The molecule has 2 rings (SSSR count). The molecule has 0 radical (unpaired) electrons. The molecule has 0 atom stereocenters. The van der Waals surface area contributed by atoms with Crippen LogP contribution in [0.5, 0.6) is 0 Å². The van der Waals surface area contributed by atoms with Crippen LogP contribution in [0.4, 0.5) is 5.13 Å². The summed E-state index contributed by atoms with van der Waals surface area (Å²) >= 11 is 6.82. The van der Waals surface area contributed by atoms with Crippen LogP contribution < -0.4 is 4.72 Å². The molecule has 2 aromatic heterocycles. The largest absolute Gasteiger partial charge is 0.293 e. The molecular formula is C10H8ClN3O3S2. The van der Waals surface area contributed by atoms with Gasteiger partial charge in [-0.25, -0.2) is 13.4 Å². The lowest BCUT2D eigenvalue weighted by Crippen LogP contribution is -2.13. The molecule has 100 valence electrons. The van der Waals surface area contributed by atoms with Gasteiger partial charge < -0.3 is 0 Å². The second-order valence-corrected chi connectivity index (χ2v) is 6.42. The zero-order valence-electron chi connectivity index (χ0n) is 9.62. The normalized spacial score (nSPS) is 11.3. The fraction of sp³-hybridized carbons (Fsp3) is 0.100. The number of Topliss-reactive ketones (excluding diaryl/α,β-unsaturated/α-hetero) is 1. The van der Waals surface area contributed by atoms with E-state index in [2.05, 4.69) is 14.7 Å². The Bertz CT molecular complexity index is 727. The summed E-state index contributed by atoms with van der Waals surface area (Å²) in [5.74, 6) is -0.235. The van der Waals surface area contributed by atoms with Gasteiger partial charge in [-0.1, -0.05) is 11.6 Å². The van der Waals surface area contributed by atoms with E-state index in [0.29, 0.717) is 0 Å². The van der Waals surface area contributed by atoms with Gasteiger partial charge >= 0.3 is 0 Å². The van der Waals surface area contributed by atoms with Crippen LogP contribution in [-0.2, 0) is 10.0 Å². The van der Waals surface area contributed by atoms with Crippen LogP contribution in [0.2, 0.25) is 5.02 Å². The maximum atomic E-state index is 12.0. The molecule has 2 heterocycles. The molecule has 9 heteroatoms. The number of carbonyl (C=O) groups is 1. The predicted molar refractivity (Wildman–Crippen MR) is 72.2 cm³/mol. The number of rotatable bonds is 4. The van der Waals surface area contributed by atoms with Crippen LogP contribution >= 0.6 is 22.9 Å². The number of halogens is 1. The molecule has 0 saturated heterocycles. The third-order valence-electron chi connectivity index (χ3n) is 2.11. The summed E-state index contributed by atoms with van der Waals surface area (Å²) < 4.78 is 26.3. The number of nitrogens with one attached hydrogen (secondary N) is 1. The molecular weight excluding hydrogens is 310 g/mol. The molecule has 1 N–H and O–H groups in total. The average Bonchev–Trinajstić information content (AvgIpc) is 2.77. The van der Waals surface area contributed by atoms with E-state index < -0.39 is 10.0 Å². The minimum atomic E-state index is -3.86. The van der Waals surface area contributed by atoms with E-state index in [1.165, 1.54) is 24.6 Å². The van der Waals surface area contributed by atoms with Crippen molar-refractivity contribution in [2.24, 2.45) is 0 Å². The van der Waals surface area contributed by atoms with Crippen molar-refractivity contribution in [1.82, 2.24) is 9.97 Å². The molecule has 0 aliphatic heterocycles. The van der Waals surface area contributed by atoms with Gasteiger partial charge in [0.2, 0.25) is 0 Å². The number of aromatic nitrogens is 2. The molecule has 0 fully saturated rings. The third kappa shape index (κ3) is 3.09. The van der Waals surface area contributed by atoms with Gasteiger partial charge in [-0.05, 0) is 6.07 Å². The highest BCUT2D eigenvalue weighted by Crippen LogP contribution is 2.24. The smallest absolute Gasteiger partial charge is 0.266 e. The van der Waals surface area contributed by atoms with E-state index >= 15 is 0 Å². The highest BCUT2D eigenvalue weighted by molar-refractivity contribution is 7.93. The number of anilines is 1. The Morgan fingerprint density at radius 1 is 1.47 bits per heavy atom. The number of thiazole rings is 1. The van der Waals surface area contributed by atoms with Crippen LogP contribution in [0.15, 0.2) is 28.7 Å². The summed E-state index contributed by atoms with van der Waals surface area (Å²) in [6.07, 6.45) is 2.53. The Morgan fingerprint density at radius 3 is 2.79 bits per heavy atom. The molecule has 0 spiro atoms. The number of nitrogens with zero attached hydrogens (tertiary/aromatic N) is 2. The topological polar surface area (TPSA) is 89.0 Å². The highest BCUT2D eigenvalue weighted by Gasteiger charge is 2.20. The zero-order valence-corrected chi connectivity index (χ0v) is 12.0.